The van der Waals surface area contributed by atoms with Crippen molar-refractivity contribution in [3.63, 3.8) is 0 Å². The first-order valence-electron chi connectivity index (χ1n) is 5.39. The van der Waals surface area contributed by atoms with Crippen LogP contribution in [-0.4, -0.2) is 24.7 Å². The van der Waals surface area contributed by atoms with Gasteiger partial charge in [-0.15, -0.1) is 0 Å². The highest BCUT2D eigenvalue weighted by Gasteiger charge is 2.28. The minimum absolute atomic E-state index is 0.189. The van der Waals surface area contributed by atoms with Crippen molar-refractivity contribution in [1.82, 2.24) is 5.32 Å². The van der Waals surface area contributed by atoms with Crippen molar-refractivity contribution in [3.05, 3.63) is 35.9 Å². The van der Waals surface area contributed by atoms with E-state index in [0.29, 0.717) is 13.0 Å². The number of alkyl carbamates (subject to hydrolysis) is 1. The van der Waals surface area contributed by atoms with Gasteiger partial charge in [0.15, 0.2) is 0 Å². The predicted octanol–water partition coefficient (Wildman–Crippen LogP) is 1.23. The fraction of sp³-hybridized carbons (Fsp3) is 0.333. The summed E-state index contributed by atoms with van der Waals surface area (Å²) in [6.45, 7) is 0.539. The number of hydrogen-bond acceptors (Lipinski definition) is 4. The Morgan fingerprint density at radius 2 is 2.18 bits per heavy atom. The number of carbonyl (C=O) groups excluding carboxylic acids is 2. The molecule has 1 aliphatic heterocycles. The van der Waals surface area contributed by atoms with Crippen molar-refractivity contribution in [2.75, 3.05) is 6.61 Å². The molecule has 1 aromatic carbocycles. The third-order valence-corrected chi connectivity index (χ3v) is 2.44. The van der Waals surface area contributed by atoms with E-state index in [9.17, 15) is 9.59 Å². The van der Waals surface area contributed by atoms with Crippen LogP contribution in [0.15, 0.2) is 30.3 Å². The molecule has 1 N–H and O–H groups in total. The van der Waals surface area contributed by atoms with Gasteiger partial charge in [-0.1, -0.05) is 30.3 Å². The van der Waals surface area contributed by atoms with Crippen LogP contribution in [0.3, 0.4) is 0 Å². The predicted molar refractivity (Wildman–Crippen MR) is 59.1 cm³/mol. The van der Waals surface area contributed by atoms with Gasteiger partial charge in [-0.25, -0.2) is 9.59 Å². The normalized spacial score (nSPS) is 18.6. The number of rotatable bonds is 3. The molecule has 0 aliphatic carbocycles. The van der Waals surface area contributed by atoms with Gasteiger partial charge in [0, 0.05) is 6.42 Å². The van der Waals surface area contributed by atoms with Crippen LogP contribution < -0.4 is 5.32 Å². The van der Waals surface area contributed by atoms with Crippen molar-refractivity contribution in [2.45, 2.75) is 19.1 Å². The van der Waals surface area contributed by atoms with Gasteiger partial charge in [-0.3, -0.25) is 0 Å². The van der Waals surface area contributed by atoms with E-state index in [2.05, 4.69) is 5.32 Å². The SMILES string of the molecule is O=C(N[C@@H]1CCOC1=O)OCc1ccccc1. The molecule has 0 bridgehead atoms. The number of hydrogen-bond donors (Lipinski definition) is 1. The highest BCUT2D eigenvalue weighted by Crippen LogP contribution is 2.06. The molecule has 0 radical (unpaired) electrons. The topological polar surface area (TPSA) is 64.6 Å². The van der Waals surface area contributed by atoms with Gasteiger partial charge in [-0.2, -0.15) is 0 Å². The fourth-order valence-electron chi connectivity index (χ4n) is 1.53. The van der Waals surface area contributed by atoms with Gasteiger partial charge in [-0.05, 0) is 5.56 Å². The maximum atomic E-state index is 11.4. The van der Waals surface area contributed by atoms with E-state index in [1.54, 1.807) is 0 Å². The van der Waals surface area contributed by atoms with Crippen LogP contribution >= 0.6 is 0 Å². The molecule has 1 heterocycles. The van der Waals surface area contributed by atoms with Gasteiger partial charge in [0.2, 0.25) is 0 Å². The maximum absolute atomic E-state index is 11.4. The fourth-order valence-corrected chi connectivity index (χ4v) is 1.53. The van der Waals surface area contributed by atoms with Gasteiger partial charge in [0.05, 0.1) is 6.61 Å². The summed E-state index contributed by atoms with van der Waals surface area (Å²) in [7, 11) is 0. The lowest BCUT2D eigenvalue weighted by molar-refractivity contribution is -0.139. The first-order chi connectivity index (χ1) is 8.25. The average Bonchev–Trinajstić information content (AvgIpc) is 2.74. The second-order valence-electron chi connectivity index (χ2n) is 3.71. The minimum Gasteiger partial charge on any atom is -0.464 e. The lowest BCUT2D eigenvalue weighted by atomic mass is 10.2. The molecule has 17 heavy (non-hydrogen) atoms. The van der Waals surface area contributed by atoms with Crippen molar-refractivity contribution < 1.29 is 19.1 Å². The standard InChI is InChI=1S/C12H13NO4/c14-11-10(6-7-16-11)13-12(15)17-8-9-4-2-1-3-5-9/h1-5,10H,6-8H2,(H,13,15)/t10-/m1/s1. The molecule has 1 saturated heterocycles. The lowest BCUT2D eigenvalue weighted by Gasteiger charge is -2.09. The molecule has 1 atom stereocenters. The van der Waals surface area contributed by atoms with Crippen molar-refractivity contribution in [2.24, 2.45) is 0 Å². The summed E-state index contributed by atoms with van der Waals surface area (Å²) in [5, 5.41) is 2.46. The van der Waals surface area contributed by atoms with E-state index in [4.69, 9.17) is 9.47 Å². The smallest absolute Gasteiger partial charge is 0.408 e. The third kappa shape index (κ3) is 3.21. The molecule has 90 valence electrons. The van der Waals surface area contributed by atoms with Gasteiger partial charge >= 0.3 is 12.1 Å². The molecule has 1 aliphatic rings. The number of esters is 1. The Morgan fingerprint density at radius 1 is 1.41 bits per heavy atom. The summed E-state index contributed by atoms with van der Waals surface area (Å²) in [5.74, 6) is -0.401. The molecule has 2 rings (SSSR count). The molecule has 5 nitrogen and oxygen atoms in total. The highest BCUT2D eigenvalue weighted by atomic mass is 16.6. The Balaban J connectivity index is 1.76. The van der Waals surface area contributed by atoms with Crippen molar-refractivity contribution in [3.8, 4) is 0 Å². The molecule has 5 heteroatoms. The summed E-state index contributed by atoms with van der Waals surface area (Å²) in [4.78, 5) is 22.5. The number of amides is 1. The zero-order chi connectivity index (χ0) is 12.1. The van der Waals surface area contributed by atoms with Gasteiger partial charge in [0.25, 0.3) is 0 Å². The Hall–Kier alpha value is -2.04. The Bertz CT molecular complexity index is 404. The zero-order valence-corrected chi connectivity index (χ0v) is 9.22. The number of ether oxygens (including phenoxy) is 2. The summed E-state index contributed by atoms with van der Waals surface area (Å²) in [6, 6.07) is 8.76. The first-order valence-corrected chi connectivity index (χ1v) is 5.39. The molecule has 0 unspecified atom stereocenters. The molecular formula is C12H13NO4. The molecule has 1 amide bonds. The summed E-state index contributed by atoms with van der Waals surface area (Å²) >= 11 is 0. The largest absolute Gasteiger partial charge is 0.464 e. The van der Waals surface area contributed by atoms with E-state index >= 15 is 0 Å². The Kier molecular flexibility index (Phi) is 3.59. The number of carbonyl (C=O) groups is 2. The summed E-state index contributed by atoms with van der Waals surface area (Å²) in [5.41, 5.74) is 0.900. The third-order valence-electron chi connectivity index (χ3n) is 2.44. The molecule has 0 saturated carbocycles. The molecule has 1 fully saturated rings. The molecule has 0 spiro atoms. The van der Waals surface area contributed by atoms with Crippen LogP contribution in [0.25, 0.3) is 0 Å². The zero-order valence-electron chi connectivity index (χ0n) is 9.22. The van der Waals surface area contributed by atoms with E-state index in [1.165, 1.54) is 0 Å². The van der Waals surface area contributed by atoms with E-state index in [0.717, 1.165) is 5.56 Å². The van der Waals surface area contributed by atoms with Crippen molar-refractivity contribution >= 4 is 12.1 Å². The van der Waals surface area contributed by atoms with E-state index < -0.39 is 18.1 Å². The maximum Gasteiger partial charge on any atom is 0.408 e. The second kappa shape index (κ2) is 5.34. The van der Waals surface area contributed by atoms with Gasteiger partial charge in [0.1, 0.15) is 12.6 Å². The first kappa shape index (κ1) is 11.4. The quantitative estimate of drug-likeness (QED) is 0.800. The Labute approximate surface area is 98.7 Å². The van der Waals surface area contributed by atoms with Crippen LogP contribution in [0.1, 0.15) is 12.0 Å². The molecule has 0 aromatic heterocycles. The average molecular weight is 235 g/mol. The van der Waals surface area contributed by atoms with Crippen LogP contribution in [0, 0.1) is 0 Å². The van der Waals surface area contributed by atoms with Crippen LogP contribution in [0.4, 0.5) is 4.79 Å². The van der Waals surface area contributed by atoms with Crippen molar-refractivity contribution in [1.29, 1.82) is 0 Å². The summed E-state index contributed by atoms with van der Waals surface area (Å²) < 4.78 is 9.70. The summed E-state index contributed by atoms with van der Waals surface area (Å²) in [6.07, 6.45) is -0.100. The monoisotopic (exact) mass is 235 g/mol. The number of nitrogens with one attached hydrogen (secondary N) is 1. The van der Waals surface area contributed by atoms with Gasteiger partial charge < -0.3 is 14.8 Å². The number of cyclic esters (lactones) is 1. The lowest BCUT2D eigenvalue weighted by Crippen LogP contribution is -2.38. The van der Waals surface area contributed by atoms with Crippen LogP contribution in [0.5, 0.6) is 0 Å². The molecule has 1 aromatic rings. The minimum atomic E-state index is -0.599. The Morgan fingerprint density at radius 3 is 2.82 bits per heavy atom. The molecular weight excluding hydrogens is 222 g/mol. The highest BCUT2D eigenvalue weighted by molar-refractivity contribution is 5.82. The van der Waals surface area contributed by atoms with Crippen LogP contribution in [-0.2, 0) is 20.9 Å². The van der Waals surface area contributed by atoms with E-state index in [1.807, 2.05) is 30.3 Å². The second-order valence-corrected chi connectivity index (χ2v) is 3.71. The van der Waals surface area contributed by atoms with E-state index in [-0.39, 0.29) is 6.61 Å². The van der Waals surface area contributed by atoms with Crippen LogP contribution in [0.2, 0.25) is 0 Å². The number of benzene rings is 1.